The summed E-state index contributed by atoms with van der Waals surface area (Å²) < 4.78 is 6.02. The molecule has 1 unspecified atom stereocenters. The number of benzene rings is 1. The summed E-state index contributed by atoms with van der Waals surface area (Å²) in [6.45, 7) is 8.32. The van der Waals surface area contributed by atoms with Gasteiger partial charge in [0.2, 0.25) is 0 Å². The minimum atomic E-state index is 0.126. The first-order chi connectivity index (χ1) is 11.1. The van der Waals surface area contributed by atoms with Crippen LogP contribution in [0.5, 0.6) is 5.75 Å². The first kappa shape index (κ1) is 17.5. The highest BCUT2D eigenvalue weighted by atomic mass is 16.5. The van der Waals surface area contributed by atoms with Crippen molar-refractivity contribution in [1.29, 1.82) is 0 Å². The zero-order chi connectivity index (χ0) is 16.7. The van der Waals surface area contributed by atoms with Crippen LogP contribution >= 0.6 is 0 Å². The number of hydrogen-bond donors (Lipinski definition) is 2. The third-order valence-corrected chi connectivity index (χ3v) is 3.84. The van der Waals surface area contributed by atoms with Crippen LogP contribution < -0.4 is 4.74 Å². The van der Waals surface area contributed by atoms with Crippen molar-refractivity contribution in [2.75, 3.05) is 13.2 Å². The fraction of sp³-hybridized carbons (Fsp3) is 0.500. The lowest BCUT2D eigenvalue weighted by Gasteiger charge is -2.23. The second-order valence-corrected chi connectivity index (χ2v) is 5.87. The molecule has 2 N–H and O–H groups in total. The maximum atomic E-state index is 9.35. The van der Waals surface area contributed by atoms with Gasteiger partial charge in [0.25, 0.3) is 0 Å². The molecule has 1 atom stereocenters. The van der Waals surface area contributed by atoms with Crippen LogP contribution in [0.15, 0.2) is 30.5 Å². The van der Waals surface area contributed by atoms with E-state index < -0.39 is 0 Å². The molecule has 0 aliphatic heterocycles. The predicted molar refractivity (Wildman–Crippen MR) is 91.3 cm³/mol. The molecule has 0 aliphatic carbocycles. The third kappa shape index (κ3) is 5.37. The zero-order valence-electron chi connectivity index (χ0n) is 14.2. The van der Waals surface area contributed by atoms with Gasteiger partial charge >= 0.3 is 0 Å². The third-order valence-electron chi connectivity index (χ3n) is 3.84. The monoisotopic (exact) mass is 317 g/mol. The van der Waals surface area contributed by atoms with Crippen molar-refractivity contribution in [2.24, 2.45) is 0 Å². The van der Waals surface area contributed by atoms with Crippen molar-refractivity contribution < 1.29 is 9.84 Å². The molecule has 1 aromatic heterocycles. The molecule has 0 aliphatic rings. The van der Waals surface area contributed by atoms with Gasteiger partial charge in [-0.15, -0.1) is 0 Å². The van der Waals surface area contributed by atoms with E-state index in [1.807, 2.05) is 31.3 Å². The Hall–Kier alpha value is -1.85. The maximum Gasteiger partial charge on any atom is 0.124 e. The second-order valence-electron chi connectivity index (χ2n) is 5.87. The van der Waals surface area contributed by atoms with E-state index in [9.17, 15) is 5.11 Å². The molecular weight excluding hydrogens is 290 g/mol. The summed E-state index contributed by atoms with van der Waals surface area (Å²) in [4.78, 5) is 9.66. The summed E-state index contributed by atoms with van der Waals surface area (Å²) in [5.74, 6) is 1.83. The highest BCUT2D eigenvalue weighted by Gasteiger charge is 2.12. The topological polar surface area (TPSA) is 61.4 Å². The van der Waals surface area contributed by atoms with E-state index in [2.05, 4.69) is 34.8 Å². The molecule has 126 valence electrons. The number of nitrogens with one attached hydrogen (secondary N) is 1. The lowest BCUT2D eigenvalue weighted by molar-refractivity contribution is 0.175. The zero-order valence-corrected chi connectivity index (χ0v) is 14.2. The van der Waals surface area contributed by atoms with Crippen LogP contribution in [0.2, 0.25) is 0 Å². The Morgan fingerprint density at radius 2 is 2.09 bits per heavy atom. The normalized spacial score (nSPS) is 12.6. The van der Waals surface area contributed by atoms with Gasteiger partial charge in [0.15, 0.2) is 0 Å². The number of H-pyrrole nitrogens is 1. The van der Waals surface area contributed by atoms with Crippen molar-refractivity contribution in [3.05, 3.63) is 47.5 Å². The number of aryl methyl sites for hydroxylation is 1. The number of rotatable bonds is 9. The van der Waals surface area contributed by atoms with Crippen LogP contribution in [-0.4, -0.2) is 39.2 Å². The van der Waals surface area contributed by atoms with Crippen LogP contribution in [0, 0.1) is 6.92 Å². The molecule has 0 bridgehead atoms. The highest BCUT2D eigenvalue weighted by Crippen LogP contribution is 2.22. The lowest BCUT2D eigenvalue weighted by Crippen LogP contribution is -2.26. The molecule has 0 amide bonds. The first-order valence-electron chi connectivity index (χ1n) is 8.20. The Kier molecular flexibility index (Phi) is 6.62. The molecular formula is C18H27N3O2. The fourth-order valence-corrected chi connectivity index (χ4v) is 2.44. The van der Waals surface area contributed by atoms with Crippen LogP contribution in [0.4, 0.5) is 0 Å². The Bertz CT molecular complexity index is 597. The van der Waals surface area contributed by atoms with Crippen molar-refractivity contribution in [1.82, 2.24) is 14.9 Å². The first-order valence-corrected chi connectivity index (χ1v) is 8.20. The number of ether oxygens (including phenoxy) is 1. The largest absolute Gasteiger partial charge is 0.490 e. The van der Waals surface area contributed by atoms with Gasteiger partial charge in [-0.2, -0.15) is 0 Å². The minimum absolute atomic E-state index is 0.126. The van der Waals surface area contributed by atoms with E-state index in [-0.39, 0.29) is 12.7 Å². The predicted octanol–water partition coefficient (Wildman–Crippen LogP) is 2.89. The van der Waals surface area contributed by atoms with Crippen LogP contribution in [-0.2, 0) is 13.1 Å². The van der Waals surface area contributed by atoms with Gasteiger partial charge in [-0.05, 0) is 26.3 Å². The number of imidazole rings is 1. The maximum absolute atomic E-state index is 9.35. The molecule has 0 radical (unpaired) electrons. The Balaban J connectivity index is 2.09. The smallest absolute Gasteiger partial charge is 0.124 e. The van der Waals surface area contributed by atoms with Gasteiger partial charge in [0, 0.05) is 37.1 Å². The number of aliphatic hydroxyl groups is 1. The summed E-state index contributed by atoms with van der Waals surface area (Å²) in [7, 11) is 0. The average molecular weight is 317 g/mol. The minimum Gasteiger partial charge on any atom is -0.490 e. The highest BCUT2D eigenvalue weighted by molar-refractivity contribution is 5.33. The molecule has 1 aromatic carbocycles. The molecule has 0 saturated heterocycles. The molecule has 2 aromatic rings. The van der Waals surface area contributed by atoms with Crippen molar-refractivity contribution >= 4 is 0 Å². The van der Waals surface area contributed by atoms with E-state index in [4.69, 9.17) is 4.74 Å². The molecule has 2 rings (SSSR count). The van der Waals surface area contributed by atoms with E-state index in [0.717, 1.165) is 42.3 Å². The summed E-state index contributed by atoms with van der Waals surface area (Å²) in [5.41, 5.74) is 2.19. The van der Waals surface area contributed by atoms with Crippen molar-refractivity contribution in [2.45, 2.75) is 46.4 Å². The van der Waals surface area contributed by atoms with Crippen LogP contribution in [0.25, 0.3) is 0 Å². The Morgan fingerprint density at radius 1 is 1.30 bits per heavy atom. The molecule has 0 fully saturated rings. The van der Waals surface area contributed by atoms with E-state index in [1.165, 1.54) is 0 Å². The average Bonchev–Trinajstić information content (AvgIpc) is 2.94. The summed E-state index contributed by atoms with van der Waals surface area (Å²) >= 11 is 0. The van der Waals surface area contributed by atoms with E-state index in [0.29, 0.717) is 6.54 Å². The number of nitrogens with zero attached hydrogens (tertiary/aromatic N) is 2. The standard InChI is InChI=1S/C18H27N3O2/c1-4-14(2)23-18-8-6-5-7-16(18)12-21(9-10-22)13-17-11-19-15(3)20-17/h5-8,11,14,22H,4,9-10,12-13H2,1-3H3,(H,19,20). The van der Waals surface area contributed by atoms with Gasteiger partial charge in [-0.1, -0.05) is 25.1 Å². The fourth-order valence-electron chi connectivity index (χ4n) is 2.44. The number of hydrogen-bond acceptors (Lipinski definition) is 4. The van der Waals surface area contributed by atoms with Gasteiger partial charge in [-0.25, -0.2) is 4.98 Å². The summed E-state index contributed by atoms with van der Waals surface area (Å²) in [5, 5.41) is 9.35. The van der Waals surface area contributed by atoms with Gasteiger partial charge in [-0.3, -0.25) is 4.90 Å². The number of aromatic nitrogens is 2. The second kappa shape index (κ2) is 8.70. The summed E-state index contributed by atoms with van der Waals surface area (Å²) in [6, 6.07) is 8.12. The molecule has 1 heterocycles. The van der Waals surface area contributed by atoms with Crippen LogP contribution in [0.3, 0.4) is 0 Å². The molecule has 5 nitrogen and oxygen atoms in total. The molecule has 0 saturated carbocycles. The number of aromatic amines is 1. The Labute approximate surface area is 138 Å². The number of aliphatic hydroxyl groups excluding tert-OH is 1. The van der Waals surface area contributed by atoms with E-state index >= 15 is 0 Å². The van der Waals surface area contributed by atoms with Crippen LogP contribution in [0.1, 0.15) is 37.4 Å². The van der Waals surface area contributed by atoms with Gasteiger partial charge in [0.05, 0.1) is 12.7 Å². The SMILES string of the molecule is CCC(C)Oc1ccccc1CN(CCO)Cc1cnc(C)[nH]1. The van der Waals surface area contributed by atoms with Gasteiger partial charge in [0.1, 0.15) is 11.6 Å². The Morgan fingerprint density at radius 3 is 2.74 bits per heavy atom. The van der Waals surface area contributed by atoms with Crippen molar-refractivity contribution in [3.8, 4) is 5.75 Å². The molecule has 5 heteroatoms. The van der Waals surface area contributed by atoms with E-state index in [1.54, 1.807) is 0 Å². The van der Waals surface area contributed by atoms with Crippen molar-refractivity contribution in [3.63, 3.8) is 0 Å². The molecule has 23 heavy (non-hydrogen) atoms. The molecule has 0 spiro atoms. The summed E-state index contributed by atoms with van der Waals surface area (Å²) in [6.07, 6.45) is 3.02. The van der Waals surface area contributed by atoms with Gasteiger partial charge < -0.3 is 14.8 Å². The quantitative estimate of drug-likeness (QED) is 0.746. The lowest BCUT2D eigenvalue weighted by atomic mass is 10.1. The number of para-hydroxylation sites is 1.